The topological polar surface area (TPSA) is 45.7 Å². The molecule has 0 aliphatic carbocycles. The lowest BCUT2D eigenvalue weighted by atomic mass is 9.90. The van der Waals surface area contributed by atoms with Gasteiger partial charge in [-0.05, 0) is 33.0 Å². The van der Waals surface area contributed by atoms with Gasteiger partial charge in [-0.15, -0.1) is 0 Å². The van der Waals surface area contributed by atoms with E-state index >= 15 is 0 Å². The predicted molar refractivity (Wildman–Crippen MR) is 81.9 cm³/mol. The molecule has 5 nitrogen and oxygen atoms in total. The molecule has 1 aromatic rings. The zero-order valence-corrected chi connectivity index (χ0v) is 13.2. The lowest BCUT2D eigenvalue weighted by Gasteiger charge is -2.44. The van der Waals surface area contributed by atoms with Crippen LogP contribution in [0.3, 0.4) is 0 Å². The van der Waals surface area contributed by atoms with Gasteiger partial charge in [-0.25, -0.2) is 0 Å². The summed E-state index contributed by atoms with van der Waals surface area (Å²) in [5.74, 6) is -0.162. The second-order valence-electron chi connectivity index (χ2n) is 5.76. The summed E-state index contributed by atoms with van der Waals surface area (Å²) in [5.41, 5.74) is 0.525. The maximum absolute atomic E-state index is 12.1. The van der Waals surface area contributed by atoms with Crippen molar-refractivity contribution in [2.75, 3.05) is 39.8 Å². The van der Waals surface area contributed by atoms with Crippen molar-refractivity contribution in [1.82, 2.24) is 14.8 Å². The van der Waals surface area contributed by atoms with Gasteiger partial charge in [0.15, 0.2) is 0 Å². The minimum Gasteiger partial charge on any atom is -0.466 e. The molecule has 0 radical (unpaired) electrons. The average molecular weight is 291 g/mol. The minimum absolute atomic E-state index is 0.162. The molecule has 0 saturated carbocycles. The fourth-order valence-electron chi connectivity index (χ4n) is 2.84. The van der Waals surface area contributed by atoms with Gasteiger partial charge in [0, 0.05) is 32.4 Å². The highest BCUT2D eigenvalue weighted by atomic mass is 16.5. The number of likely N-dealkylation sites (N-methyl/N-ethyl adjacent to an activating group) is 1. The van der Waals surface area contributed by atoms with Crippen LogP contribution < -0.4 is 0 Å². The van der Waals surface area contributed by atoms with Crippen LogP contribution >= 0.6 is 0 Å². The zero-order valence-electron chi connectivity index (χ0n) is 13.2. The number of nitrogens with zero attached hydrogens (tertiary/aromatic N) is 3. The van der Waals surface area contributed by atoms with E-state index in [0.717, 1.165) is 31.9 Å². The molecular formula is C16H25N3O2. The van der Waals surface area contributed by atoms with Crippen LogP contribution in [0.2, 0.25) is 0 Å². The summed E-state index contributed by atoms with van der Waals surface area (Å²) in [7, 11) is 2.13. The van der Waals surface area contributed by atoms with Crippen molar-refractivity contribution in [3.05, 3.63) is 30.1 Å². The van der Waals surface area contributed by atoms with Crippen molar-refractivity contribution in [2.45, 2.75) is 25.8 Å². The lowest BCUT2D eigenvalue weighted by Crippen LogP contribution is -2.54. The quantitative estimate of drug-likeness (QED) is 0.769. The third-order valence-electron chi connectivity index (χ3n) is 4.21. The zero-order chi connectivity index (χ0) is 15.3. The summed E-state index contributed by atoms with van der Waals surface area (Å²) in [4.78, 5) is 21.2. The third kappa shape index (κ3) is 3.80. The first-order chi connectivity index (χ1) is 10.1. The first-order valence-electron chi connectivity index (χ1n) is 7.57. The van der Waals surface area contributed by atoms with Crippen molar-refractivity contribution < 1.29 is 9.53 Å². The molecule has 2 heterocycles. The maximum Gasteiger partial charge on any atom is 0.308 e. The second-order valence-corrected chi connectivity index (χ2v) is 5.76. The van der Waals surface area contributed by atoms with E-state index in [0.29, 0.717) is 13.0 Å². The molecular weight excluding hydrogens is 266 g/mol. The first-order valence-corrected chi connectivity index (χ1v) is 7.57. The Morgan fingerprint density at radius 2 is 2.05 bits per heavy atom. The lowest BCUT2D eigenvalue weighted by molar-refractivity contribution is -0.147. The summed E-state index contributed by atoms with van der Waals surface area (Å²) in [5, 5.41) is 0. The second kappa shape index (κ2) is 7.00. The highest BCUT2D eigenvalue weighted by Crippen LogP contribution is 2.31. The molecule has 5 heteroatoms. The Kier molecular flexibility index (Phi) is 5.31. The summed E-state index contributed by atoms with van der Waals surface area (Å²) >= 11 is 0. The van der Waals surface area contributed by atoms with E-state index in [1.165, 1.54) is 0 Å². The molecule has 0 aromatic carbocycles. The van der Waals surface area contributed by atoms with Gasteiger partial charge in [-0.2, -0.15) is 0 Å². The number of carbonyl (C=O) groups excluding carboxylic acids is 1. The SMILES string of the molecule is CCOC(=O)CC(C)(c1ccccn1)N1CCN(C)CC1. The van der Waals surface area contributed by atoms with Gasteiger partial charge in [0.05, 0.1) is 24.3 Å². The van der Waals surface area contributed by atoms with Crippen molar-refractivity contribution in [3.8, 4) is 0 Å². The Morgan fingerprint density at radius 1 is 1.33 bits per heavy atom. The maximum atomic E-state index is 12.1. The third-order valence-corrected chi connectivity index (χ3v) is 4.21. The van der Waals surface area contributed by atoms with E-state index in [1.807, 2.05) is 25.1 Å². The molecule has 0 N–H and O–H groups in total. The molecule has 0 spiro atoms. The molecule has 116 valence electrons. The number of hydrogen-bond acceptors (Lipinski definition) is 5. The van der Waals surface area contributed by atoms with Crippen LogP contribution in [-0.2, 0) is 15.1 Å². The molecule has 1 saturated heterocycles. The van der Waals surface area contributed by atoms with Crippen LogP contribution in [0.15, 0.2) is 24.4 Å². The Hall–Kier alpha value is -1.46. The molecule has 2 rings (SSSR count). The Balaban J connectivity index is 2.23. The van der Waals surface area contributed by atoms with Gasteiger partial charge < -0.3 is 9.64 Å². The number of hydrogen-bond donors (Lipinski definition) is 0. The average Bonchev–Trinajstić information content (AvgIpc) is 2.49. The summed E-state index contributed by atoms with van der Waals surface area (Å²) in [6.07, 6.45) is 2.12. The van der Waals surface area contributed by atoms with Gasteiger partial charge in [-0.3, -0.25) is 14.7 Å². The number of esters is 1. The highest BCUT2D eigenvalue weighted by Gasteiger charge is 2.38. The van der Waals surface area contributed by atoms with Gasteiger partial charge >= 0.3 is 5.97 Å². The number of aromatic nitrogens is 1. The summed E-state index contributed by atoms with van der Waals surface area (Å²) < 4.78 is 5.17. The number of piperazine rings is 1. The van der Waals surface area contributed by atoms with E-state index in [4.69, 9.17) is 4.74 Å². The molecule has 1 fully saturated rings. The minimum atomic E-state index is -0.408. The Labute approximate surface area is 126 Å². The number of ether oxygens (including phenoxy) is 1. The molecule has 1 atom stereocenters. The predicted octanol–water partition coefficient (Wildman–Crippen LogP) is 1.50. The molecule has 1 aliphatic rings. The van der Waals surface area contributed by atoms with E-state index < -0.39 is 5.54 Å². The van der Waals surface area contributed by atoms with Gasteiger partial charge in [0.1, 0.15) is 0 Å². The van der Waals surface area contributed by atoms with Crippen LogP contribution in [0.25, 0.3) is 0 Å². The van der Waals surface area contributed by atoms with Crippen LogP contribution in [-0.4, -0.2) is 60.6 Å². The number of pyridine rings is 1. The normalized spacial score (nSPS) is 20.0. The summed E-state index contributed by atoms with van der Waals surface area (Å²) in [6.45, 7) is 8.23. The Bertz CT molecular complexity index is 458. The van der Waals surface area contributed by atoms with Crippen molar-refractivity contribution in [2.24, 2.45) is 0 Å². The Morgan fingerprint density at radius 3 is 2.62 bits per heavy atom. The van der Waals surface area contributed by atoms with Crippen molar-refractivity contribution in [1.29, 1.82) is 0 Å². The van der Waals surface area contributed by atoms with Crippen LogP contribution in [0.1, 0.15) is 26.0 Å². The fourth-order valence-corrected chi connectivity index (χ4v) is 2.84. The molecule has 1 unspecified atom stereocenters. The molecule has 1 aromatic heterocycles. The smallest absolute Gasteiger partial charge is 0.308 e. The first kappa shape index (κ1) is 15.9. The fraction of sp³-hybridized carbons (Fsp3) is 0.625. The van der Waals surface area contributed by atoms with Gasteiger partial charge in [-0.1, -0.05) is 6.07 Å². The molecule has 1 aliphatic heterocycles. The van der Waals surface area contributed by atoms with Crippen LogP contribution in [0.4, 0.5) is 0 Å². The van der Waals surface area contributed by atoms with E-state index in [-0.39, 0.29) is 5.97 Å². The molecule has 0 bridgehead atoms. The molecule has 0 amide bonds. The number of carbonyl (C=O) groups is 1. The van der Waals surface area contributed by atoms with Crippen molar-refractivity contribution in [3.63, 3.8) is 0 Å². The summed E-state index contributed by atoms with van der Waals surface area (Å²) in [6, 6.07) is 5.87. The molecule has 21 heavy (non-hydrogen) atoms. The largest absolute Gasteiger partial charge is 0.466 e. The van der Waals surface area contributed by atoms with E-state index in [2.05, 4.69) is 28.8 Å². The van der Waals surface area contributed by atoms with Crippen LogP contribution in [0, 0.1) is 0 Å². The van der Waals surface area contributed by atoms with Crippen LogP contribution in [0.5, 0.6) is 0 Å². The standard InChI is InChI=1S/C16H25N3O2/c1-4-21-15(20)13-16(2,14-7-5-6-8-17-14)19-11-9-18(3)10-12-19/h5-8H,4,9-13H2,1-3H3. The monoisotopic (exact) mass is 291 g/mol. The van der Waals surface area contributed by atoms with Crippen molar-refractivity contribution >= 4 is 5.97 Å². The van der Waals surface area contributed by atoms with E-state index in [1.54, 1.807) is 6.20 Å². The van der Waals surface area contributed by atoms with Gasteiger partial charge in [0.2, 0.25) is 0 Å². The highest BCUT2D eigenvalue weighted by molar-refractivity contribution is 5.71. The van der Waals surface area contributed by atoms with E-state index in [9.17, 15) is 4.79 Å². The van der Waals surface area contributed by atoms with Gasteiger partial charge in [0.25, 0.3) is 0 Å². The number of rotatable bonds is 5.